The molecule has 1 unspecified atom stereocenters. The van der Waals surface area contributed by atoms with Crippen molar-refractivity contribution < 1.29 is 4.79 Å². The van der Waals surface area contributed by atoms with Gasteiger partial charge in [0.2, 0.25) is 0 Å². The highest BCUT2D eigenvalue weighted by molar-refractivity contribution is 5.98. The lowest BCUT2D eigenvalue weighted by Gasteiger charge is -2.31. The van der Waals surface area contributed by atoms with Crippen molar-refractivity contribution >= 4 is 22.6 Å². The number of carbonyl (C=O) groups is 1. The van der Waals surface area contributed by atoms with Crippen LogP contribution in [-0.2, 0) is 6.54 Å². The Morgan fingerprint density at radius 3 is 2.73 bits per heavy atom. The Balaban J connectivity index is 1.71. The van der Waals surface area contributed by atoms with Crippen LogP contribution in [0.3, 0.4) is 0 Å². The van der Waals surface area contributed by atoms with Crippen LogP contribution in [0.15, 0.2) is 65.6 Å². The zero-order valence-corrected chi connectivity index (χ0v) is 17.0. The Morgan fingerprint density at radius 1 is 1.13 bits per heavy atom. The predicted molar refractivity (Wildman–Crippen MR) is 117 cm³/mol. The predicted octanol–water partition coefficient (Wildman–Crippen LogP) is 3.57. The minimum atomic E-state index is -0.150. The summed E-state index contributed by atoms with van der Waals surface area (Å²) in [4.78, 5) is 33.3. The summed E-state index contributed by atoms with van der Waals surface area (Å²) in [5.41, 5.74) is 2.58. The number of amides is 1. The number of aromatic nitrogens is 3. The van der Waals surface area contributed by atoms with Gasteiger partial charge in [-0.1, -0.05) is 43.3 Å². The molecule has 1 aliphatic rings. The molecule has 1 aliphatic heterocycles. The van der Waals surface area contributed by atoms with Gasteiger partial charge in [-0.3, -0.25) is 14.0 Å². The van der Waals surface area contributed by atoms with Crippen molar-refractivity contribution in [1.29, 1.82) is 0 Å². The summed E-state index contributed by atoms with van der Waals surface area (Å²) in [6.45, 7) is 4.17. The average Bonchev–Trinajstić information content (AvgIpc) is 3.12. The zero-order valence-electron chi connectivity index (χ0n) is 17.0. The molecule has 0 spiro atoms. The second kappa shape index (κ2) is 7.44. The minimum Gasteiger partial charge on any atom is -0.337 e. The van der Waals surface area contributed by atoms with E-state index in [2.05, 4.69) is 6.92 Å². The summed E-state index contributed by atoms with van der Waals surface area (Å²) in [6.07, 6.45) is 3.87. The summed E-state index contributed by atoms with van der Waals surface area (Å²) < 4.78 is 3.44. The van der Waals surface area contributed by atoms with Crippen LogP contribution in [0.5, 0.6) is 0 Å². The van der Waals surface area contributed by atoms with E-state index in [1.165, 1.54) is 4.40 Å². The van der Waals surface area contributed by atoms with E-state index in [-0.39, 0.29) is 11.5 Å². The van der Waals surface area contributed by atoms with Crippen LogP contribution >= 0.6 is 0 Å². The maximum atomic E-state index is 13.5. The summed E-state index contributed by atoms with van der Waals surface area (Å²) >= 11 is 0. The Labute approximate surface area is 174 Å². The molecular weight excluding hydrogens is 376 g/mol. The fourth-order valence-electron chi connectivity index (χ4n) is 4.39. The van der Waals surface area contributed by atoms with Gasteiger partial charge in [-0.2, -0.15) is 0 Å². The van der Waals surface area contributed by atoms with Crippen LogP contribution in [0.4, 0.5) is 0 Å². The van der Waals surface area contributed by atoms with Gasteiger partial charge in [0.05, 0.1) is 5.39 Å². The quantitative estimate of drug-likeness (QED) is 0.528. The highest BCUT2D eigenvalue weighted by atomic mass is 16.2. The minimum absolute atomic E-state index is 0.0241. The molecular formula is C24H24N4O2. The molecule has 0 radical (unpaired) electrons. The lowest BCUT2D eigenvalue weighted by atomic mass is 10.00. The molecule has 30 heavy (non-hydrogen) atoms. The van der Waals surface area contributed by atoms with Crippen molar-refractivity contribution in [2.75, 3.05) is 13.1 Å². The third-order valence-corrected chi connectivity index (χ3v) is 5.92. The first-order valence-corrected chi connectivity index (χ1v) is 10.5. The van der Waals surface area contributed by atoms with Gasteiger partial charge in [-0.15, -0.1) is 0 Å². The first-order valence-electron chi connectivity index (χ1n) is 10.5. The Morgan fingerprint density at radius 2 is 1.93 bits per heavy atom. The number of nitrogens with zero attached hydrogens (tertiary/aromatic N) is 4. The molecule has 0 bridgehead atoms. The van der Waals surface area contributed by atoms with E-state index >= 15 is 0 Å². The lowest BCUT2D eigenvalue weighted by molar-refractivity contribution is 0.0673. The van der Waals surface area contributed by atoms with Gasteiger partial charge in [0.25, 0.3) is 11.5 Å². The molecule has 1 saturated heterocycles. The molecule has 6 heteroatoms. The maximum Gasteiger partial charge on any atom is 0.270 e. The van der Waals surface area contributed by atoms with Gasteiger partial charge in [-0.25, -0.2) is 4.98 Å². The second-order valence-electron chi connectivity index (χ2n) is 8.18. The molecule has 0 aliphatic carbocycles. The number of carbonyl (C=O) groups excluding carboxylic acids is 1. The number of pyridine rings is 1. The Kier molecular flexibility index (Phi) is 4.62. The van der Waals surface area contributed by atoms with Crippen LogP contribution in [-0.4, -0.2) is 37.8 Å². The number of piperidine rings is 1. The van der Waals surface area contributed by atoms with Crippen molar-refractivity contribution in [3.05, 3.63) is 82.4 Å². The zero-order chi connectivity index (χ0) is 20.7. The molecule has 1 atom stereocenters. The molecule has 1 fully saturated rings. The van der Waals surface area contributed by atoms with E-state index < -0.39 is 0 Å². The largest absolute Gasteiger partial charge is 0.337 e. The summed E-state index contributed by atoms with van der Waals surface area (Å²) in [5, 5.41) is 0.475. The number of hydrogen-bond acceptors (Lipinski definition) is 3. The van der Waals surface area contributed by atoms with Crippen LogP contribution in [0.1, 0.15) is 35.8 Å². The standard InChI is InChI=1S/C24H24N4O2/c1-17-8-7-12-26(15-17)24(30)20-14-19-22(28(20)16-18-9-3-2-4-10-18)25-21-11-5-6-13-27(21)23(19)29/h2-6,9-11,13-14,17H,7-8,12,15-16H2,1H3. The fraction of sp³-hybridized carbons (Fsp3) is 0.292. The van der Waals surface area contributed by atoms with Crippen molar-refractivity contribution in [3.8, 4) is 0 Å². The Bertz CT molecular complexity index is 1290. The SMILES string of the molecule is CC1CCCN(C(=O)c2cc3c(=O)n4ccccc4nc3n2Cc2ccccc2)C1. The third-order valence-electron chi connectivity index (χ3n) is 5.92. The molecule has 6 nitrogen and oxygen atoms in total. The van der Waals surface area contributed by atoms with Gasteiger partial charge in [0.1, 0.15) is 17.0 Å². The maximum absolute atomic E-state index is 13.5. The van der Waals surface area contributed by atoms with E-state index in [0.717, 1.165) is 31.5 Å². The highest BCUT2D eigenvalue weighted by Crippen LogP contribution is 2.23. The van der Waals surface area contributed by atoms with Crippen LogP contribution in [0.2, 0.25) is 0 Å². The van der Waals surface area contributed by atoms with Gasteiger partial charge >= 0.3 is 0 Å². The van der Waals surface area contributed by atoms with Crippen LogP contribution < -0.4 is 5.56 Å². The number of hydrogen-bond donors (Lipinski definition) is 0. The number of fused-ring (bicyclic) bond motifs is 2. The number of rotatable bonds is 3. The molecule has 0 saturated carbocycles. The molecule has 0 N–H and O–H groups in total. The van der Waals surface area contributed by atoms with Crippen LogP contribution in [0.25, 0.3) is 16.7 Å². The van der Waals surface area contributed by atoms with Gasteiger partial charge in [0.15, 0.2) is 0 Å². The topological polar surface area (TPSA) is 59.6 Å². The number of benzene rings is 1. The van der Waals surface area contributed by atoms with Crippen molar-refractivity contribution in [3.63, 3.8) is 0 Å². The lowest BCUT2D eigenvalue weighted by Crippen LogP contribution is -2.40. The molecule has 3 aromatic heterocycles. The molecule has 152 valence electrons. The second-order valence-corrected chi connectivity index (χ2v) is 8.18. The van der Waals surface area contributed by atoms with Crippen molar-refractivity contribution in [2.24, 2.45) is 5.92 Å². The summed E-state index contributed by atoms with van der Waals surface area (Å²) in [6, 6.07) is 17.2. The van der Waals surface area contributed by atoms with Gasteiger partial charge < -0.3 is 9.47 Å². The smallest absolute Gasteiger partial charge is 0.270 e. The van der Waals surface area contributed by atoms with Crippen molar-refractivity contribution in [2.45, 2.75) is 26.3 Å². The van der Waals surface area contributed by atoms with Crippen molar-refractivity contribution in [1.82, 2.24) is 18.9 Å². The number of likely N-dealkylation sites (tertiary alicyclic amines) is 1. The molecule has 1 amide bonds. The fourth-order valence-corrected chi connectivity index (χ4v) is 4.39. The first-order chi connectivity index (χ1) is 14.6. The van der Waals surface area contributed by atoms with E-state index in [1.54, 1.807) is 12.3 Å². The first kappa shape index (κ1) is 18.6. The third kappa shape index (κ3) is 3.18. The van der Waals surface area contributed by atoms with E-state index in [4.69, 9.17) is 4.98 Å². The average molecular weight is 400 g/mol. The monoisotopic (exact) mass is 400 g/mol. The highest BCUT2D eigenvalue weighted by Gasteiger charge is 2.27. The van der Waals surface area contributed by atoms with E-state index in [1.807, 2.05) is 58.0 Å². The molecule has 4 heterocycles. The molecule has 4 aromatic rings. The molecule has 1 aromatic carbocycles. The van der Waals surface area contributed by atoms with Gasteiger partial charge in [-0.05, 0) is 42.5 Å². The van der Waals surface area contributed by atoms with E-state index in [9.17, 15) is 9.59 Å². The summed E-state index contributed by atoms with van der Waals surface area (Å²) in [7, 11) is 0. The van der Waals surface area contributed by atoms with E-state index in [0.29, 0.717) is 34.8 Å². The van der Waals surface area contributed by atoms with Gasteiger partial charge in [0, 0.05) is 25.8 Å². The summed E-state index contributed by atoms with van der Waals surface area (Å²) in [5.74, 6) is 0.463. The normalized spacial score (nSPS) is 17.0. The molecule has 5 rings (SSSR count). The Hall–Kier alpha value is -3.41. The van der Waals surface area contributed by atoms with Crippen LogP contribution in [0, 0.1) is 5.92 Å².